The number of hydrogen-bond acceptors (Lipinski definition) is 4. The third-order valence-corrected chi connectivity index (χ3v) is 3.86. The van der Waals surface area contributed by atoms with E-state index in [2.05, 4.69) is 10.6 Å². The summed E-state index contributed by atoms with van der Waals surface area (Å²) in [5.41, 5.74) is 1.11. The van der Waals surface area contributed by atoms with Crippen LogP contribution in [0.3, 0.4) is 0 Å². The lowest BCUT2D eigenvalue weighted by Gasteiger charge is -2.28. The molecule has 0 atom stereocenters. The Labute approximate surface area is 96.0 Å². The second kappa shape index (κ2) is 4.53. The van der Waals surface area contributed by atoms with Crippen molar-refractivity contribution in [2.24, 2.45) is 0 Å². The molecular weight excluding hydrogens is 224 g/mol. The van der Waals surface area contributed by atoms with Crippen LogP contribution in [0.2, 0.25) is 0 Å². The fourth-order valence-electron chi connectivity index (χ4n) is 1.55. The highest BCUT2D eigenvalue weighted by Crippen LogP contribution is 2.10. The van der Waals surface area contributed by atoms with E-state index in [1.165, 1.54) is 6.26 Å². The van der Waals surface area contributed by atoms with E-state index < -0.39 is 9.84 Å². The monoisotopic (exact) mass is 240 g/mol. The Morgan fingerprint density at radius 2 is 1.94 bits per heavy atom. The van der Waals surface area contributed by atoms with Crippen LogP contribution in [0, 0.1) is 0 Å². The number of rotatable bonds is 4. The van der Waals surface area contributed by atoms with Gasteiger partial charge in [0.15, 0.2) is 9.84 Å². The lowest BCUT2D eigenvalue weighted by Crippen LogP contribution is -2.54. The Kier molecular flexibility index (Phi) is 3.28. The van der Waals surface area contributed by atoms with Gasteiger partial charge in [-0.25, -0.2) is 8.42 Å². The Balaban J connectivity index is 1.96. The summed E-state index contributed by atoms with van der Waals surface area (Å²) in [5, 5.41) is 6.57. The van der Waals surface area contributed by atoms with Crippen LogP contribution in [0.15, 0.2) is 29.2 Å². The van der Waals surface area contributed by atoms with Gasteiger partial charge >= 0.3 is 0 Å². The molecule has 1 heterocycles. The minimum atomic E-state index is -3.07. The molecule has 5 heteroatoms. The summed E-state index contributed by atoms with van der Waals surface area (Å²) in [6.07, 6.45) is 1.22. The SMILES string of the molecule is CS(=O)(=O)c1ccc(CNC2CNC2)cc1. The standard InChI is InChI=1S/C11H16N2O2S/c1-16(14,15)11-4-2-9(3-5-11)6-13-10-7-12-8-10/h2-5,10,12-13H,6-8H2,1H3. The van der Waals surface area contributed by atoms with Crippen LogP contribution in [0.4, 0.5) is 0 Å². The molecule has 1 fully saturated rings. The van der Waals surface area contributed by atoms with Crippen molar-refractivity contribution >= 4 is 9.84 Å². The first-order chi connectivity index (χ1) is 7.55. The molecule has 0 aromatic heterocycles. The van der Waals surface area contributed by atoms with E-state index in [0.29, 0.717) is 10.9 Å². The van der Waals surface area contributed by atoms with Gasteiger partial charge in [-0.05, 0) is 17.7 Å². The van der Waals surface area contributed by atoms with Gasteiger partial charge in [0.25, 0.3) is 0 Å². The number of hydrogen-bond donors (Lipinski definition) is 2. The molecule has 1 saturated heterocycles. The summed E-state index contributed by atoms with van der Waals surface area (Å²) in [7, 11) is -3.07. The minimum Gasteiger partial charge on any atom is -0.314 e. The van der Waals surface area contributed by atoms with Crippen molar-refractivity contribution in [3.05, 3.63) is 29.8 Å². The van der Waals surface area contributed by atoms with E-state index in [4.69, 9.17) is 0 Å². The van der Waals surface area contributed by atoms with Crippen LogP contribution in [0.5, 0.6) is 0 Å². The molecule has 0 saturated carbocycles. The second-order valence-electron chi connectivity index (χ2n) is 4.15. The van der Waals surface area contributed by atoms with E-state index in [9.17, 15) is 8.42 Å². The van der Waals surface area contributed by atoms with Crippen LogP contribution in [0.1, 0.15) is 5.56 Å². The van der Waals surface area contributed by atoms with Crippen LogP contribution >= 0.6 is 0 Å². The molecule has 0 bridgehead atoms. The lowest BCUT2D eigenvalue weighted by atomic mass is 10.1. The zero-order valence-corrected chi connectivity index (χ0v) is 10.0. The van der Waals surface area contributed by atoms with Crippen molar-refractivity contribution in [2.45, 2.75) is 17.5 Å². The van der Waals surface area contributed by atoms with Gasteiger partial charge in [-0.1, -0.05) is 12.1 Å². The summed E-state index contributed by atoms with van der Waals surface area (Å²) < 4.78 is 22.5. The summed E-state index contributed by atoms with van der Waals surface area (Å²) in [5.74, 6) is 0. The highest BCUT2D eigenvalue weighted by atomic mass is 32.2. The molecule has 1 aliphatic rings. The van der Waals surface area contributed by atoms with Gasteiger partial charge in [-0.15, -0.1) is 0 Å². The zero-order chi connectivity index (χ0) is 11.6. The number of benzene rings is 1. The normalized spacial score (nSPS) is 17.1. The van der Waals surface area contributed by atoms with Gasteiger partial charge in [-0.2, -0.15) is 0 Å². The van der Waals surface area contributed by atoms with Gasteiger partial charge in [-0.3, -0.25) is 0 Å². The van der Waals surface area contributed by atoms with Crippen molar-refractivity contribution in [2.75, 3.05) is 19.3 Å². The first-order valence-electron chi connectivity index (χ1n) is 5.29. The summed E-state index contributed by atoms with van der Waals surface area (Å²) in [6.45, 7) is 2.82. The van der Waals surface area contributed by atoms with E-state index in [-0.39, 0.29) is 0 Å². The molecule has 0 unspecified atom stereocenters. The molecule has 2 N–H and O–H groups in total. The Hall–Kier alpha value is -0.910. The quantitative estimate of drug-likeness (QED) is 0.786. The van der Waals surface area contributed by atoms with Crippen molar-refractivity contribution in [1.82, 2.24) is 10.6 Å². The van der Waals surface area contributed by atoms with Crippen LogP contribution < -0.4 is 10.6 Å². The zero-order valence-electron chi connectivity index (χ0n) is 9.23. The molecular formula is C11H16N2O2S. The Morgan fingerprint density at radius 3 is 2.38 bits per heavy atom. The minimum absolute atomic E-state index is 0.376. The molecule has 0 radical (unpaired) electrons. The third kappa shape index (κ3) is 2.81. The molecule has 16 heavy (non-hydrogen) atoms. The van der Waals surface area contributed by atoms with Gasteiger partial charge in [0.1, 0.15) is 0 Å². The van der Waals surface area contributed by atoms with Crippen molar-refractivity contribution in [1.29, 1.82) is 0 Å². The van der Waals surface area contributed by atoms with Gasteiger partial charge in [0.2, 0.25) is 0 Å². The summed E-state index contributed by atoms with van der Waals surface area (Å²) in [6, 6.07) is 7.58. The molecule has 2 rings (SSSR count). The van der Waals surface area contributed by atoms with Crippen LogP contribution in [-0.2, 0) is 16.4 Å². The predicted molar refractivity (Wildman–Crippen MR) is 63.0 cm³/mol. The third-order valence-electron chi connectivity index (χ3n) is 2.73. The molecule has 4 nitrogen and oxygen atoms in total. The highest BCUT2D eigenvalue weighted by Gasteiger charge is 2.15. The smallest absolute Gasteiger partial charge is 0.175 e. The maximum absolute atomic E-state index is 11.2. The van der Waals surface area contributed by atoms with Gasteiger partial charge < -0.3 is 10.6 Å². The van der Waals surface area contributed by atoms with E-state index in [1.54, 1.807) is 12.1 Å². The average Bonchev–Trinajstić information content (AvgIpc) is 2.15. The summed E-state index contributed by atoms with van der Waals surface area (Å²) in [4.78, 5) is 0.376. The maximum atomic E-state index is 11.2. The van der Waals surface area contributed by atoms with Gasteiger partial charge in [0.05, 0.1) is 4.90 Å². The fraction of sp³-hybridized carbons (Fsp3) is 0.455. The molecule has 1 aliphatic heterocycles. The van der Waals surface area contributed by atoms with Crippen molar-refractivity contribution < 1.29 is 8.42 Å². The largest absolute Gasteiger partial charge is 0.314 e. The molecule has 0 amide bonds. The van der Waals surface area contributed by atoms with Crippen molar-refractivity contribution in [3.8, 4) is 0 Å². The molecule has 1 aromatic carbocycles. The summed E-state index contributed by atoms with van der Waals surface area (Å²) >= 11 is 0. The van der Waals surface area contributed by atoms with E-state index in [0.717, 1.165) is 25.2 Å². The maximum Gasteiger partial charge on any atom is 0.175 e. The van der Waals surface area contributed by atoms with Crippen LogP contribution in [-0.4, -0.2) is 33.8 Å². The molecule has 0 spiro atoms. The lowest BCUT2D eigenvalue weighted by molar-refractivity contribution is 0.365. The molecule has 88 valence electrons. The second-order valence-corrected chi connectivity index (χ2v) is 6.17. The fourth-order valence-corrected chi connectivity index (χ4v) is 2.18. The van der Waals surface area contributed by atoms with E-state index in [1.807, 2.05) is 12.1 Å². The number of nitrogens with one attached hydrogen (secondary N) is 2. The van der Waals surface area contributed by atoms with Gasteiger partial charge in [0, 0.05) is 31.9 Å². The number of sulfone groups is 1. The van der Waals surface area contributed by atoms with E-state index >= 15 is 0 Å². The van der Waals surface area contributed by atoms with Crippen LogP contribution in [0.25, 0.3) is 0 Å². The Morgan fingerprint density at radius 1 is 1.31 bits per heavy atom. The predicted octanol–water partition coefficient (Wildman–Crippen LogP) is 0.151. The average molecular weight is 240 g/mol. The first kappa shape index (κ1) is 11.6. The first-order valence-corrected chi connectivity index (χ1v) is 7.18. The topological polar surface area (TPSA) is 58.2 Å². The van der Waals surface area contributed by atoms with Crippen molar-refractivity contribution in [3.63, 3.8) is 0 Å². The Bertz CT molecular complexity index is 449. The molecule has 1 aromatic rings. The molecule has 0 aliphatic carbocycles. The highest BCUT2D eigenvalue weighted by molar-refractivity contribution is 7.90.